The van der Waals surface area contributed by atoms with Gasteiger partial charge in [0.2, 0.25) is 5.91 Å². The van der Waals surface area contributed by atoms with Crippen LogP contribution in [0.4, 0.5) is 5.69 Å². The Hall–Kier alpha value is -3.19. The third-order valence-electron chi connectivity index (χ3n) is 4.50. The quantitative estimate of drug-likeness (QED) is 0.487. The molecule has 6 nitrogen and oxygen atoms in total. The maximum atomic E-state index is 12.9. The molecule has 7 heteroatoms. The van der Waals surface area contributed by atoms with Gasteiger partial charge in [-0.2, -0.15) is 0 Å². The van der Waals surface area contributed by atoms with Gasteiger partial charge >= 0.3 is 5.97 Å². The maximum Gasteiger partial charge on any atom is 0.339 e. The number of aromatic nitrogens is 1. The molecule has 1 heterocycles. The van der Waals surface area contributed by atoms with Gasteiger partial charge in [-0.3, -0.25) is 4.79 Å². The molecule has 31 heavy (non-hydrogen) atoms. The highest BCUT2D eigenvalue weighted by Gasteiger charge is 2.21. The van der Waals surface area contributed by atoms with Crippen LogP contribution in [0.2, 0.25) is 0 Å². The lowest BCUT2D eigenvalue weighted by atomic mass is 10.0. The van der Waals surface area contributed by atoms with Crippen molar-refractivity contribution in [2.75, 3.05) is 11.9 Å². The molecular weight excluding hydrogens is 412 g/mol. The van der Waals surface area contributed by atoms with Crippen LogP contribution >= 0.6 is 11.3 Å². The van der Waals surface area contributed by atoms with Crippen LogP contribution in [0.25, 0.3) is 10.6 Å². The van der Waals surface area contributed by atoms with Crippen LogP contribution in [0.3, 0.4) is 0 Å². The first-order chi connectivity index (χ1) is 14.6. The summed E-state index contributed by atoms with van der Waals surface area (Å²) in [5.41, 5.74) is 2.21. The molecule has 0 radical (unpaired) electrons. The van der Waals surface area contributed by atoms with Crippen molar-refractivity contribution in [3.63, 3.8) is 0 Å². The summed E-state index contributed by atoms with van der Waals surface area (Å²) >= 11 is 1.51. The molecule has 0 spiro atoms. The van der Waals surface area contributed by atoms with Crippen LogP contribution in [-0.2, 0) is 16.1 Å². The van der Waals surface area contributed by atoms with E-state index in [-0.39, 0.29) is 12.5 Å². The second kappa shape index (κ2) is 9.31. The van der Waals surface area contributed by atoms with Gasteiger partial charge in [0.1, 0.15) is 23.0 Å². The highest BCUT2D eigenvalue weighted by molar-refractivity contribution is 7.13. The first kappa shape index (κ1) is 22.5. The van der Waals surface area contributed by atoms with Crippen LogP contribution in [0.15, 0.2) is 54.0 Å². The molecule has 0 aliphatic carbocycles. The number of carbonyl (C=O) groups excluding carboxylic acids is 2. The number of hydrogen-bond donors (Lipinski definition) is 0. The highest BCUT2D eigenvalue weighted by atomic mass is 32.1. The van der Waals surface area contributed by atoms with E-state index in [1.165, 1.54) is 18.3 Å². The van der Waals surface area contributed by atoms with Crippen molar-refractivity contribution in [3.05, 3.63) is 65.2 Å². The van der Waals surface area contributed by atoms with Crippen LogP contribution in [0.1, 0.15) is 43.6 Å². The van der Waals surface area contributed by atoms with Crippen molar-refractivity contribution in [1.29, 1.82) is 0 Å². The molecule has 2 aromatic carbocycles. The van der Waals surface area contributed by atoms with Crippen LogP contribution in [0.5, 0.6) is 5.75 Å². The summed E-state index contributed by atoms with van der Waals surface area (Å²) in [6, 6.07) is 12.8. The zero-order chi connectivity index (χ0) is 22.6. The van der Waals surface area contributed by atoms with Gasteiger partial charge in [-0.1, -0.05) is 12.1 Å². The minimum absolute atomic E-state index is 0.0454. The van der Waals surface area contributed by atoms with Crippen molar-refractivity contribution in [1.82, 2.24) is 4.98 Å². The average molecular weight is 439 g/mol. The molecule has 0 N–H and O–H groups in total. The van der Waals surface area contributed by atoms with Gasteiger partial charge in [0, 0.05) is 42.4 Å². The second-order valence-corrected chi connectivity index (χ2v) is 8.97. The van der Waals surface area contributed by atoms with E-state index in [9.17, 15) is 9.59 Å². The molecule has 0 aliphatic heterocycles. The molecular formula is C24H26N2O4S. The predicted molar refractivity (Wildman–Crippen MR) is 123 cm³/mol. The van der Waals surface area contributed by atoms with Crippen molar-refractivity contribution in [2.24, 2.45) is 0 Å². The lowest BCUT2D eigenvalue weighted by Crippen LogP contribution is -2.24. The molecule has 3 rings (SSSR count). The van der Waals surface area contributed by atoms with E-state index < -0.39 is 11.6 Å². The van der Waals surface area contributed by atoms with E-state index >= 15 is 0 Å². The van der Waals surface area contributed by atoms with Gasteiger partial charge in [0.05, 0.1) is 5.56 Å². The summed E-state index contributed by atoms with van der Waals surface area (Å²) in [5, 5.41) is 2.73. The van der Waals surface area contributed by atoms with Gasteiger partial charge < -0.3 is 14.4 Å². The van der Waals surface area contributed by atoms with Crippen LogP contribution < -0.4 is 9.64 Å². The van der Waals surface area contributed by atoms with E-state index in [1.54, 1.807) is 36.3 Å². The number of benzene rings is 2. The number of carbonyl (C=O) groups is 2. The third-order valence-corrected chi connectivity index (χ3v) is 5.32. The molecule has 3 aromatic rings. The van der Waals surface area contributed by atoms with Gasteiger partial charge in [0.25, 0.3) is 0 Å². The van der Waals surface area contributed by atoms with Crippen molar-refractivity contribution < 1.29 is 19.1 Å². The van der Waals surface area contributed by atoms with Gasteiger partial charge in [-0.05, 0) is 51.1 Å². The minimum Gasteiger partial charge on any atom is -0.489 e. The SMILES string of the molecule is CC(=O)N(C)c1ccc(OCc2ccc(-c3nccs3)cc2C(=O)OC(C)(C)C)cc1. The van der Waals surface area contributed by atoms with Crippen molar-refractivity contribution >= 4 is 28.9 Å². The fraction of sp³-hybridized carbons (Fsp3) is 0.292. The van der Waals surface area contributed by atoms with Crippen molar-refractivity contribution in [2.45, 2.75) is 39.9 Å². The van der Waals surface area contributed by atoms with E-state index in [0.29, 0.717) is 11.3 Å². The molecule has 1 aromatic heterocycles. The molecule has 0 aliphatic rings. The largest absolute Gasteiger partial charge is 0.489 e. The van der Waals surface area contributed by atoms with Crippen LogP contribution in [-0.4, -0.2) is 29.5 Å². The number of hydrogen-bond acceptors (Lipinski definition) is 6. The first-order valence-corrected chi connectivity index (χ1v) is 10.8. The van der Waals surface area contributed by atoms with Crippen LogP contribution in [0, 0.1) is 0 Å². The number of ether oxygens (including phenoxy) is 2. The molecule has 1 amide bonds. The fourth-order valence-electron chi connectivity index (χ4n) is 2.83. The summed E-state index contributed by atoms with van der Waals surface area (Å²) in [6.45, 7) is 7.23. The Kier molecular flexibility index (Phi) is 6.75. The smallest absolute Gasteiger partial charge is 0.339 e. The van der Waals surface area contributed by atoms with Gasteiger partial charge in [-0.15, -0.1) is 11.3 Å². The van der Waals surface area contributed by atoms with E-state index in [4.69, 9.17) is 9.47 Å². The number of amides is 1. The maximum absolute atomic E-state index is 12.9. The van der Waals surface area contributed by atoms with Crippen molar-refractivity contribution in [3.8, 4) is 16.3 Å². The zero-order valence-corrected chi connectivity index (χ0v) is 19.2. The highest BCUT2D eigenvalue weighted by Crippen LogP contribution is 2.27. The first-order valence-electron chi connectivity index (χ1n) is 9.87. The Bertz CT molecular complexity index is 1050. The molecule has 0 fully saturated rings. The predicted octanol–water partition coefficient (Wildman–Crippen LogP) is 5.33. The summed E-state index contributed by atoms with van der Waals surface area (Å²) in [7, 11) is 1.72. The summed E-state index contributed by atoms with van der Waals surface area (Å²) in [6.07, 6.45) is 1.73. The molecule has 0 saturated heterocycles. The average Bonchev–Trinajstić information content (AvgIpc) is 3.25. The lowest BCUT2D eigenvalue weighted by molar-refractivity contribution is -0.116. The Morgan fingerprint density at radius 3 is 2.39 bits per heavy atom. The Morgan fingerprint density at radius 1 is 1.10 bits per heavy atom. The third kappa shape index (κ3) is 5.92. The number of nitrogens with zero attached hydrogens (tertiary/aromatic N) is 2. The number of thiazole rings is 1. The molecule has 0 saturated carbocycles. The topological polar surface area (TPSA) is 68.7 Å². The lowest BCUT2D eigenvalue weighted by Gasteiger charge is -2.21. The zero-order valence-electron chi connectivity index (χ0n) is 18.3. The Labute approximate surface area is 186 Å². The number of esters is 1. The number of rotatable bonds is 6. The Balaban J connectivity index is 1.82. The second-order valence-electron chi connectivity index (χ2n) is 8.07. The summed E-state index contributed by atoms with van der Waals surface area (Å²) in [4.78, 5) is 30.2. The van der Waals surface area contributed by atoms with Gasteiger partial charge in [0.15, 0.2) is 0 Å². The normalized spacial score (nSPS) is 11.1. The Morgan fingerprint density at radius 2 is 1.81 bits per heavy atom. The summed E-state index contributed by atoms with van der Waals surface area (Å²) < 4.78 is 11.5. The monoisotopic (exact) mass is 438 g/mol. The molecule has 0 atom stereocenters. The van der Waals surface area contributed by atoms with E-state index in [1.807, 2.05) is 50.4 Å². The molecule has 162 valence electrons. The van der Waals surface area contributed by atoms with E-state index in [0.717, 1.165) is 21.8 Å². The minimum atomic E-state index is -0.606. The molecule has 0 unspecified atom stereocenters. The molecule has 0 bridgehead atoms. The standard InChI is InChI=1S/C24H26N2O4S/c1-16(27)26(5)19-8-10-20(11-9-19)29-15-18-7-6-17(22-25-12-13-31-22)14-21(18)23(28)30-24(2,3)4/h6-14H,15H2,1-5H3. The fourth-order valence-corrected chi connectivity index (χ4v) is 3.47. The summed E-state index contributed by atoms with van der Waals surface area (Å²) in [5.74, 6) is 0.193. The number of anilines is 1. The van der Waals surface area contributed by atoms with E-state index in [2.05, 4.69) is 4.98 Å². The van der Waals surface area contributed by atoms with Gasteiger partial charge in [-0.25, -0.2) is 9.78 Å².